The zero-order valence-corrected chi connectivity index (χ0v) is 29.0. The van der Waals surface area contributed by atoms with Crippen molar-refractivity contribution in [1.29, 1.82) is 0 Å². The average Bonchev–Trinajstić information content (AvgIpc) is 3.18. The molecule has 0 aromatic heterocycles. The van der Waals surface area contributed by atoms with Crippen LogP contribution in [0.25, 0.3) is 0 Å². The van der Waals surface area contributed by atoms with E-state index in [1.165, 1.54) is 11.1 Å². The summed E-state index contributed by atoms with van der Waals surface area (Å²) in [6, 6.07) is 11.3. The Bertz CT molecular complexity index is 1640. The van der Waals surface area contributed by atoms with Crippen molar-refractivity contribution in [3.63, 3.8) is 0 Å². The lowest BCUT2D eigenvalue weighted by atomic mass is 9.68. The van der Waals surface area contributed by atoms with Crippen molar-refractivity contribution >= 4 is 39.0 Å². The lowest BCUT2D eigenvalue weighted by molar-refractivity contribution is -0.129. The van der Waals surface area contributed by atoms with E-state index < -0.39 is 21.2 Å². The summed E-state index contributed by atoms with van der Waals surface area (Å²) in [6.45, 7) is 8.02. The van der Waals surface area contributed by atoms with E-state index in [0.29, 0.717) is 51.5 Å². The Morgan fingerprint density at radius 1 is 1.04 bits per heavy atom. The zero-order valence-electron chi connectivity index (χ0n) is 27.4. The summed E-state index contributed by atoms with van der Waals surface area (Å²) >= 11 is 6.43. The molecule has 2 bridgehead atoms. The molecule has 1 saturated carbocycles. The second kappa shape index (κ2) is 13.0. The number of nitrogens with zero attached hydrogens (tertiary/aromatic N) is 2. The first kappa shape index (κ1) is 32.9. The molecule has 1 saturated heterocycles. The maximum absolute atomic E-state index is 14.1. The van der Waals surface area contributed by atoms with Gasteiger partial charge < -0.3 is 14.4 Å². The van der Waals surface area contributed by atoms with Crippen molar-refractivity contribution in [2.45, 2.75) is 75.5 Å². The molecular weight excluding hydrogens is 638 g/mol. The van der Waals surface area contributed by atoms with Gasteiger partial charge in [-0.05, 0) is 98.7 Å². The number of morpholine rings is 1. The van der Waals surface area contributed by atoms with Crippen LogP contribution < -0.4 is 14.4 Å². The molecule has 2 aromatic rings. The highest BCUT2D eigenvalue weighted by Crippen LogP contribution is 2.46. The monoisotopic (exact) mass is 683 g/mol. The van der Waals surface area contributed by atoms with E-state index in [0.717, 1.165) is 55.9 Å². The summed E-state index contributed by atoms with van der Waals surface area (Å²) in [5.74, 6) is 0.165. The predicted octanol–water partition coefficient (Wildman–Crippen LogP) is 4.99. The number of aryl methyl sites for hydroxylation is 1. The van der Waals surface area contributed by atoms with Crippen LogP contribution in [-0.4, -0.2) is 82.3 Å². The van der Waals surface area contributed by atoms with Gasteiger partial charge in [0.25, 0.3) is 5.91 Å². The molecule has 47 heavy (non-hydrogen) atoms. The number of amides is 1. The van der Waals surface area contributed by atoms with Crippen LogP contribution in [0.2, 0.25) is 5.02 Å². The molecule has 6 atom stereocenters. The van der Waals surface area contributed by atoms with Gasteiger partial charge in [-0.1, -0.05) is 24.6 Å². The van der Waals surface area contributed by atoms with Gasteiger partial charge in [0.1, 0.15) is 11.5 Å². The van der Waals surface area contributed by atoms with Crippen LogP contribution in [0.1, 0.15) is 73.9 Å². The fourth-order valence-corrected chi connectivity index (χ4v) is 10.1. The molecule has 0 unspecified atom stereocenters. The van der Waals surface area contributed by atoms with Gasteiger partial charge in [-0.15, -0.1) is 0 Å². The number of halogens is 1. The van der Waals surface area contributed by atoms with Crippen LogP contribution in [0.5, 0.6) is 5.75 Å². The van der Waals surface area contributed by atoms with Crippen molar-refractivity contribution in [1.82, 2.24) is 9.62 Å². The van der Waals surface area contributed by atoms with E-state index in [-0.39, 0.29) is 40.6 Å². The average molecular weight is 684 g/mol. The number of carbonyl (C=O) groups excluding carboxylic acids is 2. The smallest absolute Gasteiger partial charge is 0.264 e. The van der Waals surface area contributed by atoms with Crippen molar-refractivity contribution < 1.29 is 27.5 Å². The van der Waals surface area contributed by atoms with E-state index in [4.69, 9.17) is 21.1 Å². The van der Waals surface area contributed by atoms with Gasteiger partial charge >= 0.3 is 0 Å². The largest absolute Gasteiger partial charge is 0.490 e. The molecule has 3 aliphatic heterocycles. The maximum atomic E-state index is 14.1. The Balaban J connectivity index is 1.27. The summed E-state index contributed by atoms with van der Waals surface area (Å²) in [6.07, 6.45) is 5.70. The third-order valence-corrected chi connectivity index (χ3v) is 13.9. The van der Waals surface area contributed by atoms with Gasteiger partial charge in [-0.25, -0.2) is 13.1 Å². The van der Waals surface area contributed by atoms with Crippen LogP contribution in [0.15, 0.2) is 36.4 Å². The number of rotatable bonds is 1. The number of Topliss-reactive ketones (excluding diaryl/α,β-unsaturated/α-hetero) is 1. The molecule has 3 heterocycles. The van der Waals surface area contributed by atoms with Crippen LogP contribution in [0.4, 0.5) is 5.69 Å². The molecule has 1 N–H and O–H groups in total. The molecule has 2 aromatic carbocycles. The molecule has 2 fully saturated rings. The van der Waals surface area contributed by atoms with E-state index in [1.54, 1.807) is 25.1 Å². The van der Waals surface area contributed by atoms with Crippen molar-refractivity contribution in [2.24, 2.45) is 17.8 Å². The summed E-state index contributed by atoms with van der Waals surface area (Å²) in [4.78, 5) is 32.3. The van der Waals surface area contributed by atoms with Crippen LogP contribution >= 0.6 is 11.6 Å². The first-order valence-electron chi connectivity index (χ1n) is 17.2. The van der Waals surface area contributed by atoms with Crippen molar-refractivity contribution in [3.8, 4) is 5.75 Å². The number of fused-ring (bicyclic) bond motifs is 4. The topological polar surface area (TPSA) is 105 Å². The normalized spacial score (nSPS) is 33.1. The molecule has 9 nitrogen and oxygen atoms in total. The van der Waals surface area contributed by atoms with Gasteiger partial charge in [0, 0.05) is 60.6 Å². The minimum absolute atomic E-state index is 0.0459. The van der Waals surface area contributed by atoms with Gasteiger partial charge in [-0.3, -0.25) is 14.5 Å². The second-order valence-corrected chi connectivity index (χ2v) is 17.1. The number of ether oxygens (including phenoxy) is 2. The van der Waals surface area contributed by atoms with Gasteiger partial charge in [0.05, 0.1) is 30.8 Å². The highest BCUT2D eigenvalue weighted by atomic mass is 35.5. The number of benzene rings is 2. The highest BCUT2D eigenvalue weighted by Gasteiger charge is 2.45. The number of carbonyl (C=O) groups is 2. The van der Waals surface area contributed by atoms with Gasteiger partial charge in [0.2, 0.25) is 10.0 Å². The quantitative estimate of drug-likeness (QED) is 0.449. The Morgan fingerprint density at radius 2 is 1.85 bits per heavy atom. The Hall–Kier alpha value is -2.66. The Morgan fingerprint density at radius 3 is 2.62 bits per heavy atom. The van der Waals surface area contributed by atoms with Crippen molar-refractivity contribution in [3.05, 3.63) is 58.1 Å². The lowest BCUT2D eigenvalue weighted by Crippen LogP contribution is -2.50. The zero-order chi connectivity index (χ0) is 32.9. The van der Waals surface area contributed by atoms with Crippen LogP contribution in [0.3, 0.4) is 0 Å². The highest BCUT2D eigenvalue weighted by molar-refractivity contribution is 7.90. The van der Waals surface area contributed by atoms with Crippen molar-refractivity contribution in [2.75, 3.05) is 50.9 Å². The lowest BCUT2D eigenvalue weighted by Gasteiger charge is -2.45. The summed E-state index contributed by atoms with van der Waals surface area (Å²) in [5.41, 5.74) is 3.24. The summed E-state index contributed by atoms with van der Waals surface area (Å²) in [7, 11) is -4.00. The molecule has 5 aliphatic rings. The predicted molar refractivity (Wildman–Crippen MR) is 182 cm³/mol. The molecule has 254 valence electrons. The Kier molecular flexibility index (Phi) is 9.08. The number of anilines is 1. The minimum Gasteiger partial charge on any atom is -0.490 e. The molecule has 2 aliphatic carbocycles. The van der Waals surface area contributed by atoms with Gasteiger partial charge in [0.15, 0.2) is 0 Å². The van der Waals surface area contributed by atoms with Gasteiger partial charge in [-0.2, -0.15) is 0 Å². The van der Waals surface area contributed by atoms with Crippen LogP contribution in [-0.2, 0) is 31.4 Å². The number of nitrogens with one attached hydrogen (secondary N) is 1. The number of hydrogen-bond acceptors (Lipinski definition) is 8. The van der Waals surface area contributed by atoms with E-state index >= 15 is 0 Å². The molecule has 7 rings (SSSR count). The summed E-state index contributed by atoms with van der Waals surface area (Å²) < 4.78 is 41.7. The fourth-order valence-electron chi connectivity index (χ4n) is 8.65. The first-order valence-corrected chi connectivity index (χ1v) is 19.2. The molecular formula is C36H46ClN3O6S. The number of ketones is 1. The third kappa shape index (κ3) is 6.43. The molecule has 11 heteroatoms. The van der Waals surface area contributed by atoms with Crippen LogP contribution in [0, 0.1) is 17.8 Å². The minimum atomic E-state index is -4.00. The van der Waals surface area contributed by atoms with E-state index in [2.05, 4.69) is 26.7 Å². The SMILES string of the molecule is C[C@@H]1[C@@H](C)C[C@@H](N2CCOCC2)CC(=O)[C@@H]2CC[C@H]2CN2C[C@@]3(CCCc4cc(Cl)ccc43)COc3ccc(cc32)C(=O)NS1(=O)=O. The fraction of sp³-hybridized carbons (Fsp3) is 0.611. The Labute approximate surface area is 283 Å². The third-order valence-electron chi connectivity index (χ3n) is 11.8. The second-order valence-electron chi connectivity index (χ2n) is 14.6. The van der Waals surface area contributed by atoms with E-state index in [1.807, 2.05) is 13.0 Å². The van der Waals surface area contributed by atoms with E-state index in [9.17, 15) is 18.0 Å². The maximum Gasteiger partial charge on any atom is 0.264 e. The molecule has 1 amide bonds. The first-order chi connectivity index (χ1) is 22.5. The standard InChI is InChI=1S/C36H46ClN3O6S/c1-23-16-29(39-12-14-45-15-13-39)19-33(41)30-8-5-27(30)20-40-21-36(11-3-4-25-17-28(37)7-9-31(25)36)22-46-34-10-6-26(18-32(34)40)35(42)38-47(43,44)24(23)2/h6-7,9-10,17-18,23-24,27,29-30H,3-5,8,11-16,19-22H2,1-2H3,(H,38,42)/t23-,24+,27-,29+,30+,36-/m0/s1. The number of sulfonamides is 1. The number of hydrogen-bond donors (Lipinski definition) is 1. The summed E-state index contributed by atoms with van der Waals surface area (Å²) in [5, 5.41) is -0.0981. The molecule has 0 radical (unpaired) electrons. The molecule has 1 spiro atoms.